The maximum absolute atomic E-state index is 12.6. The number of alkyl halides is 1. The summed E-state index contributed by atoms with van der Waals surface area (Å²) in [4.78, 5) is 67.6. The molecule has 0 spiro atoms. The van der Waals surface area contributed by atoms with Gasteiger partial charge in [0, 0.05) is 80.9 Å². The quantitative estimate of drug-likeness (QED) is 0.108. The van der Waals surface area contributed by atoms with E-state index in [1.165, 1.54) is 32.1 Å². The molecular weight excluding hydrogens is 992 g/mol. The molecule has 6 aromatic rings. The van der Waals surface area contributed by atoms with E-state index in [9.17, 15) is 29.7 Å². The van der Waals surface area contributed by atoms with Gasteiger partial charge in [-0.3, -0.25) is 38.9 Å². The normalized spacial score (nSPS) is 15.7. The number of hydrogen-bond donors (Lipinski definition) is 1. The topological polar surface area (TPSA) is 170 Å². The number of benzene rings is 4. The Morgan fingerprint density at radius 3 is 1.47 bits per heavy atom. The molecule has 10 rings (SSSR count). The number of nitriles is 2. The number of anilines is 2. The van der Waals surface area contributed by atoms with Crippen LogP contribution in [0.25, 0.3) is 21.8 Å². The number of hydrogen-bond acceptors (Lipinski definition) is 12. The number of pyridine rings is 2. The maximum atomic E-state index is 12.6. The summed E-state index contributed by atoms with van der Waals surface area (Å²) < 4.78 is 0. The molecule has 4 aliphatic rings. The zero-order valence-electron chi connectivity index (χ0n) is 41.3. The van der Waals surface area contributed by atoms with Crippen molar-refractivity contribution >= 4 is 85.1 Å². The fourth-order valence-corrected chi connectivity index (χ4v) is 10.0. The van der Waals surface area contributed by atoms with Crippen molar-refractivity contribution in [2.45, 2.75) is 53.4 Å². The van der Waals surface area contributed by atoms with Crippen molar-refractivity contribution in [1.82, 2.24) is 30.0 Å². The number of nitrogens with zero attached hydrogens (tertiary/aromatic N) is 9. The minimum Gasteiger partial charge on any atom is -0.369 e. The van der Waals surface area contributed by atoms with Gasteiger partial charge < -0.3 is 20.0 Å². The van der Waals surface area contributed by atoms with Gasteiger partial charge in [0.25, 0.3) is 23.6 Å². The molecule has 4 aliphatic heterocycles. The molecule has 0 unspecified atom stereocenters. The van der Waals surface area contributed by atoms with Gasteiger partial charge in [-0.2, -0.15) is 10.5 Å². The highest BCUT2D eigenvalue weighted by Gasteiger charge is 2.36. The first kappa shape index (κ1) is 53.1. The van der Waals surface area contributed by atoms with E-state index in [-0.39, 0.29) is 36.0 Å². The van der Waals surface area contributed by atoms with Crippen molar-refractivity contribution in [3.63, 3.8) is 0 Å². The van der Waals surface area contributed by atoms with Gasteiger partial charge in [0.2, 0.25) is 0 Å². The third-order valence-electron chi connectivity index (χ3n) is 13.8. The van der Waals surface area contributed by atoms with Crippen LogP contribution in [0.4, 0.5) is 11.4 Å². The molecule has 0 atom stereocenters. The Labute approximate surface area is 436 Å². The summed E-state index contributed by atoms with van der Waals surface area (Å²) in [6.45, 7) is 17.5. The van der Waals surface area contributed by atoms with Crippen molar-refractivity contribution in [3.8, 4) is 12.1 Å². The second-order valence-electron chi connectivity index (χ2n) is 18.5. The average Bonchev–Trinajstić information content (AvgIpc) is 3.58. The number of aryl methyl sites for hydroxylation is 4. The molecule has 1 N–H and O–H groups in total. The number of halogens is 2. The fraction of sp³-hybridized carbons (Fsp3) is 0.357. The van der Waals surface area contributed by atoms with Gasteiger partial charge in [0.1, 0.15) is 12.1 Å². The second kappa shape index (κ2) is 24.1. The van der Waals surface area contributed by atoms with Crippen LogP contribution in [0, 0.1) is 50.4 Å². The smallest absolute Gasteiger partial charge is 0.261 e. The standard InChI is InChI=1S/C28H29N5O2.C17H20N4.C11H10BrNO2.ClH/c1-19-15-24-25(16-20(19)2)30-18-21(17-29)26(24)32-11-5-9-31(13-14-32)10-6-12-33-27(34)22-7-3-4-8-23(22)28(33)35;1-12-8-15-16(9-13(12)2)20-11-14(10-18)17(15)21-6-3-4-19-5-7-21;12-6-3-7-13-10(14)8-4-1-2-5-9(8)11(13)15;/h3-4,7-8,15-16,18H,5-6,9-14H2,1-2H3;8-9,11,19H,3-7H2,1-2H3;1-2,4-5H,3,6-7H2;1H. The van der Waals surface area contributed by atoms with Crippen LogP contribution >= 0.6 is 28.3 Å². The van der Waals surface area contributed by atoms with Crippen molar-refractivity contribution in [2.24, 2.45) is 0 Å². The molecule has 0 radical (unpaired) electrons. The molecule has 0 aliphatic carbocycles. The Balaban J connectivity index is 0.000000174. The molecule has 0 saturated carbocycles. The molecule has 16 heteroatoms. The summed E-state index contributed by atoms with van der Waals surface area (Å²) in [5.41, 5.74) is 12.1. The largest absolute Gasteiger partial charge is 0.369 e. The number of imide groups is 2. The minimum absolute atomic E-state index is 0. The highest BCUT2D eigenvalue weighted by Crippen LogP contribution is 2.34. The van der Waals surface area contributed by atoms with Crippen LogP contribution in [0.1, 0.15) is 100 Å². The summed E-state index contributed by atoms with van der Waals surface area (Å²) in [5, 5.41) is 25.6. The van der Waals surface area contributed by atoms with Crippen molar-refractivity contribution in [1.29, 1.82) is 10.5 Å². The number of nitrogens with one attached hydrogen (secondary N) is 1. The van der Waals surface area contributed by atoms with E-state index >= 15 is 0 Å². The lowest BCUT2D eigenvalue weighted by Crippen LogP contribution is -2.35. The van der Waals surface area contributed by atoms with E-state index in [2.05, 4.69) is 110 Å². The fourth-order valence-electron chi connectivity index (χ4n) is 9.76. The molecule has 0 bridgehead atoms. The lowest BCUT2D eigenvalue weighted by molar-refractivity contribution is 0.0635. The average molecular weight is 1050 g/mol. The number of carbonyl (C=O) groups is 4. The van der Waals surface area contributed by atoms with Gasteiger partial charge in [0.15, 0.2) is 0 Å². The van der Waals surface area contributed by atoms with Crippen LogP contribution < -0.4 is 15.1 Å². The molecule has 2 aromatic heterocycles. The first-order valence-electron chi connectivity index (χ1n) is 24.4. The van der Waals surface area contributed by atoms with Gasteiger partial charge in [-0.25, -0.2) is 0 Å². The number of carbonyl (C=O) groups excluding carboxylic acids is 4. The zero-order valence-corrected chi connectivity index (χ0v) is 43.7. The van der Waals surface area contributed by atoms with Crippen LogP contribution in [-0.2, 0) is 0 Å². The predicted molar refractivity (Wildman–Crippen MR) is 289 cm³/mol. The first-order valence-corrected chi connectivity index (χ1v) is 25.6. The molecule has 2 fully saturated rings. The molecule has 4 amide bonds. The van der Waals surface area contributed by atoms with Gasteiger partial charge in [0.05, 0.1) is 55.8 Å². The number of fused-ring (bicyclic) bond motifs is 4. The summed E-state index contributed by atoms with van der Waals surface area (Å²) >= 11 is 3.28. The van der Waals surface area contributed by atoms with E-state index in [1.54, 1.807) is 60.9 Å². The molecule has 14 nitrogen and oxygen atoms in total. The van der Waals surface area contributed by atoms with Gasteiger partial charge >= 0.3 is 0 Å². The lowest BCUT2D eigenvalue weighted by atomic mass is 10.0. The molecule has 6 heterocycles. The molecule has 4 aromatic carbocycles. The molecule has 372 valence electrons. The van der Waals surface area contributed by atoms with Crippen molar-refractivity contribution in [3.05, 3.63) is 141 Å². The maximum Gasteiger partial charge on any atom is 0.261 e. The van der Waals surface area contributed by atoms with Crippen LogP contribution in [-0.4, -0.2) is 126 Å². The van der Waals surface area contributed by atoms with E-state index in [1.807, 2.05) is 0 Å². The Hall–Kier alpha value is -6.75. The monoisotopic (exact) mass is 1050 g/mol. The molecule has 2 saturated heterocycles. The van der Waals surface area contributed by atoms with Crippen LogP contribution in [0.3, 0.4) is 0 Å². The van der Waals surface area contributed by atoms with Crippen molar-refractivity contribution < 1.29 is 19.2 Å². The lowest BCUT2D eigenvalue weighted by Gasteiger charge is -2.26. The van der Waals surface area contributed by atoms with E-state index in [0.29, 0.717) is 46.5 Å². The van der Waals surface area contributed by atoms with E-state index in [0.717, 1.165) is 123 Å². The SMILES string of the molecule is Cc1cc2ncc(C#N)c(N3CCCN(CCCN4C(=O)c5ccccc5C4=O)CC3)c2cc1C.Cc1cc2ncc(C#N)c(N3CCCNCC3)c2cc1C.Cl.O=C1c2ccccc2C(=O)N1CCCBr. The van der Waals surface area contributed by atoms with Gasteiger partial charge in [-0.15, -0.1) is 12.4 Å². The summed E-state index contributed by atoms with van der Waals surface area (Å²) in [5.74, 6) is -0.716. The predicted octanol–water partition coefficient (Wildman–Crippen LogP) is 8.93. The Morgan fingerprint density at radius 2 is 1.00 bits per heavy atom. The first-order chi connectivity index (χ1) is 34.4. The third kappa shape index (κ3) is 11.3. The molecular formula is C56H60BrClN10O4. The van der Waals surface area contributed by atoms with Crippen LogP contribution in [0.15, 0.2) is 85.2 Å². The summed E-state index contributed by atoms with van der Waals surface area (Å²) in [6, 6.07) is 27.2. The number of aromatic nitrogens is 2. The highest BCUT2D eigenvalue weighted by molar-refractivity contribution is 9.09. The van der Waals surface area contributed by atoms with Gasteiger partial charge in [-0.05, 0) is 144 Å². The van der Waals surface area contributed by atoms with Crippen molar-refractivity contribution in [2.75, 3.05) is 87.1 Å². The Kier molecular flexibility index (Phi) is 17.8. The number of amides is 4. The summed E-state index contributed by atoms with van der Waals surface area (Å²) in [7, 11) is 0. The number of rotatable bonds is 9. The summed E-state index contributed by atoms with van der Waals surface area (Å²) in [6.07, 6.45) is 7.01. The van der Waals surface area contributed by atoms with E-state index < -0.39 is 0 Å². The van der Waals surface area contributed by atoms with Crippen LogP contribution in [0.5, 0.6) is 0 Å². The van der Waals surface area contributed by atoms with Gasteiger partial charge in [-0.1, -0.05) is 40.2 Å². The Bertz CT molecular complexity index is 3040. The Morgan fingerprint density at radius 1 is 0.556 bits per heavy atom. The third-order valence-corrected chi connectivity index (χ3v) is 14.4. The molecule has 72 heavy (non-hydrogen) atoms. The highest BCUT2D eigenvalue weighted by atomic mass is 79.9. The minimum atomic E-state index is -0.188. The van der Waals surface area contributed by atoms with Crippen LogP contribution in [0.2, 0.25) is 0 Å². The van der Waals surface area contributed by atoms with E-state index in [4.69, 9.17) is 0 Å². The zero-order chi connectivity index (χ0) is 50.2. The second-order valence-corrected chi connectivity index (χ2v) is 19.2.